The number of allylic oxidation sites excluding steroid dienone is 3. The van der Waals surface area contributed by atoms with Gasteiger partial charge in [-0.2, -0.15) is 0 Å². The summed E-state index contributed by atoms with van der Waals surface area (Å²) in [7, 11) is 0. The van der Waals surface area contributed by atoms with Gasteiger partial charge in [0.1, 0.15) is 0 Å². The fourth-order valence-electron chi connectivity index (χ4n) is 8.90. The number of unbranched alkanes of at least 4 members (excludes halogenated alkanes) is 43. The fourth-order valence-corrected chi connectivity index (χ4v) is 8.90. The molecule has 0 aromatic rings. The lowest BCUT2D eigenvalue weighted by molar-refractivity contribution is -0.123. The van der Waals surface area contributed by atoms with Gasteiger partial charge in [0.2, 0.25) is 5.91 Å². The molecule has 0 aliphatic rings. The molecule has 0 fully saturated rings. The molecule has 0 aliphatic carbocycles. The van der Waals surface area contributed by atoms with E-state index in [1.165, 1.54) is 263 Å². The third-order valence-corrected chi connectivity index (χ3v) is 13.2. The number of amides is 1. The van der Waals surface area contributed by atoms with Crippen LogP contribution >= 0.6 is 0 Å². The van der Waals surface area contributed by atoms with Crippen molar-refractivity contribution in [1.29, 1.82) is 0 Å². The summed E-state index contributed by atoms with van der Waals surface area (Å²) >= 11 is 0. The molecule has 1 amide bonds. The lowest BCUT2D eigenvalue weighted by atomic mass is 10.0. The van der Waals surface area contributed by atoms with Crippen LogP contribution in [0.2, 0.25) is 0 Å². The Morgan fingerprint density at radius 1 is 0.377 bits per heavy atom. The van der Waals surface area contributed by atoms with E-state index in [0.717, 1.165) is 32.1 Å². The number of aliphatic hydroxyl groups is 2. The predicted octanol–water partition coefficient (Wildman–Crippen LogP) is 18.3. The van der Waals surface area contributed by atoms with Crippen LogP contribution < -0.4 is 5.32 Å². The van der Waals surface area contributed by atoms with E-state index in [1.54, 1.807) is 6.08 Å². The molecule has 2 unspecified atom stereocenters. The molecule has 0 aliphatic heterocycles. The first-order valence-corrected chi connectivity index (χ1v) is 28.1. The third-order valence-electron chi connectivity index (χ3n) is 13.2. The second-order valence-corrected chi connectivity index (χ2v) is 19.4. The summed E-state index contributed by atoms with van der Waals surface area (Å²) in [5.41, 5.74) is 0. The SMILES string of the molecule is CCCCCCC/C=C/CC/C=C/C(O)C(CO)NC(=O)CCCCCCCCCCCCCCCCCCCCCCCCCCCCCCCCCCCCCCCC. The second kappa shape index (κ2) is 53.2. The fraction of sp³-hybridized carbons (Fsp3) is 0.912. The van der Waals surface area contributed by atoms with Gasteiger partial charge in [0.05, 0.1) is 18.8 Å². The van der Waals surface area contributed by atoms with Gasteiger partial charge in [-0.1, -0.05) is 301 Å². The first-order valence-electron chi connectivity index (χ1n) is 28.1. The standard InChI is InChI=1S/C57H111NO3/c1-3-5-7-9-11-13-15-16-17-18-19-20-21-22-23-24-25-26-27-28-29-30-31-32-33-34-35-36-37-38-39-40-41-43-45-47-49-51-53-57(61)58-55(54-59)56(60)52-50-48-46-44-42-14-12-10-8-6-4-2/h42,44,50,52,55-56,59-60H,3-41,43,45-49,51,53-54H2,1-2H3,(H,58,61)/b44-42+,52-50+. The maximum atomic E-state index is 12.4. The maximum Gasteiger partial charge on any atom is 0.220 e. The quantitative estimate of drug-likeness (QED) is 0.0422. The molecular weight excluding hydrogens is 747 g/mol. The first kappa shape index (κ1) is 59.9. The van der Waals surface area contributed by atoms with Gasteiger partial charge in [-0.05, 0) is 32.1 Å². The molecular formula is C57H111NO3. The minimum atomic E-state index is -0.857. The summed E-state index contributed by atoms with van der Waals surface area (Å²) in [6.45, 7) is 4.30. The van der Waals surface area contributed by atoms with Crippen LogP contribution in [0.4, 0.5) is 0 Å². The Balaban J connectivity index is 3.34. The van der Waals surface area contributed by atoms with E-state index in [1.807, 2.05) is 6.08 Å². The zero-order chi connectivity index (χ0) is 44.2. The highest BCUT2D eigenvalue weighted by Gasteiger charge is 2.18. The molecule has 0 aromatic carbocycles. The van der Waals surface area contributed by atoms with Gasteiger partial charge in [0, 0.05) is 6.42 Å². The van der Waals surface area contributed by atoms with E-state index in [2.05, 4.69) is 31.3 Å². The van der Waals surface area contributed by atoms with E-state index >= 15 is 0 Å². The minimum Gasteiger partial charge on any atom is -0.394 e. The molecule has 4 heteroatoms. The number of nitrogens with one attached hydrogen (secondary N) is 1. The average Bonchev–Trinajstić information content (AvgIpc) is 3.26. The van der Waals surface area contributed by atoms with E-state index in [4.69, 9.17) is 0 Å². The lowest BCUT2D eigenvalue weighted by Gasteiger charge is -2.19. The zero-order valence-electron chi connectivity index (χ0n) is 41.7. The average molecular weight is 859 g/mol. The van der Waals surface area contributed by atoms with Gasteiger partial charge < -0.3 is 15.5 Å². The van der Waals surface area contributed by atoms with E-state index in [-0.39, 0.29) is 12.5 Å². The normalized spacial score (nSPS) is 12.9. The number of carbonyl (C=O) groups excluding carboxylic acids is 1. The summed E-state index contributed by atoms with van der Waals surface area (Å²) in [5.74, 6) is -0.0696. The van der Waals surface area contributed by atoms with Crippen molar-refractivity contribution in [1.82, 2.24) is 5.32 Å². The summed E-state index contributed by atoms with van der Waals surface area (Å²) in [4.78, 5) is 12.4. The van der Waals surface area contributed by atoms with Crippen LogP contribution in [0.1, 0.15) is 316 Å². The smallest absolute Gasteiger partial charge is 0.220 e. The zero-order valence-corrected chi connectivity index (χ0v) is 41.7. The van der Waals surface area contributed by atoms with Crippen LogP contribution in [0.5, 0.6) is 0 Å². The summed E-state index contributed by atoms with van der Waals surface area (Å²) < 4.78 is 0. The molecule has 362 valence electrons. The minimum absolute atomic E-state index is 0.0696. The van der Waals surface area contributed by atoms with Crippen LogP contribution in [0.15, 0.2) is 24.3 Å². The van der Waals surface area contributed by atoms with Crippen LogP contribution in [-0.4, -0.2) is 34.9 Å². The maximum absolute atomic E-state index is 12.4. The Bertz CT molecular complexity index is 886. The molecule has 0 saturated heterocycles. The van der Waals surface area contributed by atoms with E-state index < -0.39 is 12.1 Å². The number of hydrogen-bond acceptors (Lipinski definition) is 3. The number of rotatable bonds is 52. The van der Waals surface area contributed by atoms with Crippen molar-refractivity contribution in [2.45, 2.75) is 328 Å². The molecule has 0 bridgehead atoms. The topological polar surface area (TPSA) is 69.6 Å². The van der Waals surface area contributed by atoms with Crippen molar-refractivity contribution in [2.24, 2.45) is 0 Å². The Morgan fingerprint density at radius 3 is 0.951 bits per heavy atom. The van der Waals surface area contributed by atoms with Gasteiger partial charge in [-0.3, -0.25) is 4.79 Å². The Hall–Kier alpha value is -1.13. The lowest BCUT2D eigenvalue weighted by Crippen LogP contribution is -2.45. The van der Waals surface area contributed by atoms with Crippen molar-refractivity contribution < 1.29 is 15.0 Å². The molecule has 61 heavy (non-hydrogen) atoms. The number of aliphatic hydroxyl groups excluding tert-OH is 2. The highest BCUT2D eigenvalue weighted by atomic mass is 16.3. The number of hydrogen-bond donors (Lipinski definition) is 3. The van der Waals surface area contributed by atoms with Crippen molar-refractivity contribution >= 4 is 5.91 Å². The second-order valence-electron chi connectivity index (χ2n) is 19.4. The highest BCUT2D eigenvalue weighted by molar-refractivity contribution is 5.76. The Morgan fingerprint density at radius 2 is 0.639 bits per heavy atom. The van der Waals surface area contributed by atoms with Crippen LogP contribution in [0.3, 0.4) is 0 Å². The molecule has 3 N–H and O–H groups in total. The molecule has 0 aromatic heterocycles. The Labute approximate surface area is 383 Å². The van der Waals surface area contributed by atoms with Gasteiger partial charge in [-0.25, -0.2) is 0 Å². The largest absolute Gasteiger partial charge is 0.394 e. The predicted molar refractivity (Wildman–Crippen MR) is 272 cm³/mol. The molecule has 0 rings (SSSR count). The molecule has 4 nitrogen and oxygen atoms in total. The van der Waals surface area contributed by atoms with Crippen molar-refractivity contribution in [2.75, 3.05) is 6.61 Å². The molecule has 2 atom stereocenters. The van der Waals surface area contributed by atoms with Crippen LogP contribution in [-0.2, 0) is 4.79 Å². The summed E-state index contributed by atoms with van der Waals surface area (Å²) in [6.07, 6.45) is 70.9. The molecule has 0 radical (unpaired) electrons. The van der Waals surface area contributed by atoms with Crippen LogP contribution in [0, 0.1) is 0 Å². The molecule has 0 spiro atoms. The van der Waals surface area contributed by atoms with E-state index in [0.29, 0.717) is 6.42 Å². The summed E-state index contributed by atoms with van der Waals surface area (Å²) in [6, 6.07) is -0.634. The van der Waals surface area contributed by atoms with Crippen molar-refractivity contribution in [3.8, 4) is 0 Å². The van der Waals surface area contributed by atoms with Gasteiger partial charge in [0.25, 0.3) is 0 Å². The Kier molecular flexibility index (Phi) is 52.2. The van der Waals surface area contributed by atoms with Gasteiger partial charge in [-0.15, -0.1) is 0 Å². The molecule has 0 heterocycles. The summed E-state index contributed by atoms with van der Waals surface area (Å²) in [5, 5.41) is 23.0. The van der Waals surface area contributed by atoms with Crippen molar-refractivity contribution in [3.63, 3.8) is 0 Å². The van der Waals surface area contributed by atoms with Gasteiger partial charge in [0.15, 0.2) is 0 Å². The van der Waals surface area contributed by atoms with E-state index in [9.17, 15) is 15.0 Å². The van der Waals surface area contributed by atoms with Crippen molar-refractivity contribution in [3.05, 3.63) is 24.3 Å². The number of carbonyl (C=O) groups is 1. The monoisotopic (exact) mass is 858 g/mol. The molecule has 0 saturated carbocycles. The van der Waals surface area contributed by atoms with Gasteiger partial charge >= 0.3 is 0 Å². The van der Waals surface area contributed by atoms with Crippen LogP contribution in [0.25, 0.3) is 0 Å². The highest BCUT2D eigenvalue weighted by Crippen LogP contribution is 2.18. The third kappa shape index (κ3) is 49.7. The first-order chi connectivity index (χ1) is 30.2.